The van der Waals surface area contributed by atoms with Crippen LogP contribution in [0.4, 0.5) is 0 Å². The first-order valence-electron chi connectivity index (χ1n) is 14.9. The molecule has 0 fully saturated rings. The molecule has 7 aromatic rings. The molecule has 0 saturated carbocycles. The van der Waals surface area contributed by atoms with E-state index in [1.54, 1.807) is 0 Å². The van der Waals surface area contributed by atoms with Crippen LogP contribution in [0.2, 0.25) is 0 Å². The Morgan fingerprint density at radius 2 is 1.00 bits per heavy atom. The number of hydrogen-bond acceptors (Lipinski definition) is 0. The first-order chi connectivity index (χ1) is 21.2. The van der Waals surface area contributed by atoms with Gasteiger partial charge in [-0.1, -0.05) is 146 Å². The molecular weight excluding hydrogens is 535 g/mol. The molecule has 0 amide bonds. The van der Waals surface area contributed by atoms with Gasteiger partial charge in [0, 0.05) is 6.07 Å². The van der Waals surface area contributed by atoms with E-state index in [2.05, 4.69) is 189 Å². The third-order valence-corrected chi connectivity index (χ3v) is 13.6. The summed E-state index contributed by atoms with van der Waals surface area (Å²) >= 11 is 0. The van der Waals surface area contributed by atoms with Crippen LogP contribution in [0, 0.1) is 6.92 Å². The molecule has 7 rings (SSSR count). The standard InChI is InChI=1S/C41H34NSi/c1-31-23-24-33(32-15-7-3-8-16-32)30-40(31)41-39-26-25-38(29-34(39)27-28-42(41)2)43(35-17-9-4-10-18-35,36-19-11-5-12-20-36)37-21-13-6-14-22-37/h3-30H,1-2H3/q+1. The van der Waals surface area contributed by atoms with Gasteiger partial charge in [-0.3, -0.25) is 0 Å². The van der Waals surface area contributed by atoms with Crippen molar-refractivity contribution in [1.29, 1.82) is 0 Å². The molecular formula is C41H34NSi+. The number of nitrogens with zero attached hydrogens (tertiary/aromatic N) is 1. The number of pyridine rings is 1. The fourth-order valence-electron chi connectivity index (χ4n) is 6.69. The fourth-order valence-corrected chi connectivity index (χ4v) is 11.5. The predicted octanol–water partition coefficient (Wildman–Crippen LogP) is 6.68. The van der Waals surface area contributed by atoms with E-state index in [9.17, 15) is 0 Å². The van der Waals surface area contributed by atoms with E-state index in [0.29, 0.717) is 0 Å². The molecule has 1 heterocycles. The van der Waals surface area contributed by atoms with Crippen molar-refractivity contribution in [3.05, 3.63) is 176 Å². The van der Waals surface area contributed by atoms with Gasteiger partial charge in [-0.2, -0.15) is 0 Å². The van der Waals surface area contributed by atoms with Crippen molar-refractivity contribution in [2.75, 3.05) is 0 Å². The Labute approximate surface area is 255 Å². The number of aryl methyl sites for hydroxylation is 2. The Morgan fingerprint density at radius 1 is 0.465 bits per heavy atom. The van der Waals surface area contributed by atoms with Gasteiger partial charge in [-0.05, 0) is 61.9 Å². The summed E-state index contributed by atoms with van der Waals surface area (Å²) in [4.78, 5) is 0. The lowest BCUT2D eigenvalue weighted by atomic mass is 9.95. The van der Waals surface area contributed by atoms with Gasteiger partial charge in [-0.25, -0.2) is 4.57 Å². The minimum absolute atomic E-state index is 1.23. The number of hydrogen-bond donors (Lipinski definition) is 0. The maximum absolute atomic E-state index is 2.60. The van der Waals surface area contributed by atoms with Crippen molar-refractivity contribution in [2.24, 2.45) is 7.05 Å². The molecule has 0 N–H and O–H groups in total. The zero-order valence-electron chi connectivity index (χ0n) is 24.6. The summed E-state index contributed by atoms with van der Waals surface area (Å²) in [5, 5.41) is 8.08. The van der Waals surface area contributed by atoms with Crippen molar-refractivity contribution < 1.29 is 4.57 Å². The van der Waals surface area contributed by atoms with Crippen LogP contribution in [0.25, 0.3) is 33.2 Å². The third kappa shape index (κ3) is 4.70. The van der Waals surface area contributed by atoms with Crippen molar-refractivity contribution >= 4 is 39.6 Å². The summed E-state index contributed by atoms with van der Waals surface area (Å²) in [5.74, 6) is 0. The molecule has 0 unspecified atom stereocenters. The topological polar surface area (TPSA) is 3.88 Å². The lowest BCUT2D eigenvalue weighted by Crippen LogP contribution is -2.74. The van der Waals surface area contributed by atoms with Gasteiger partial charge < -0.3 is 0 Å². The van der Waals surface area contributed by atoms with Crippen LogP contribution in [0.1, 0.15) is 5.56 Å². The SMILES string of the molecule is Cc1ccc(-c2ccccc2)cc1-c1c2ccc([Si](c3ccccc3)(c3ccccc3)c3ccccc3)cc2cc[n+]1C. The maximum atomic E-state index is 2.47. The van der Waals surface area contributed by atoms with E-state index in [1.807, 2.05) is 0 Å². The first-order valence-corrected chi connectivity index (χ1v) is 16.9. The maximum Gasteiger partial charge on any atom is 0.220 e. The van der Waals surface area contributed by atoms with Crippen molar-refractivity contribution in [2.45, 2.75) is 6.92 Å². The molecule has 43 heavy (non-hydrogen) atoms. The molecule has 0 aliphatic carbocycles. The lowest BCUT2D eigenvalue weighted by molar-refractivity contribution is -0.659. The number of aromatic nitrogens is 1. The van der Waals surface area contributed by atoms with Gasteiger partial charge in [-0.15, -0.1) is 0 Å². The predicted molar refractivity (Wildman–Crippen MR) is 184 cm³/mol. The number of rotatable bonds is 6. The summed E-state index contributed by atoms with van der Waals surface area (Å²) in [6.07, 6.45) is 2.22. The largest absolute Gasteiger partial charge is 0.220 e. The second-order valence-corrected chi connectivity index (χ2v) is 15.1. The molecule has 0 saturated heterocycles. The molecule has 2 heteroatoms. The van der Waals surface area contributed by atoms with Crippen LogP contribution in [0.5, 0.6) is 0 Å². The molecule has 0 spiro atoms. The highest BCUT2D eigenvalue weighted by molar-refractivity contribution is 7.20. The summed E-state index contributed by atoms with van der Waals surface area (Å²) in [7, 11) is -0.437. The van der Waals surface area contributed by atoms with E-state index in [4.69, 9.17) is 0 Å². The molecule has 0 radical (unpaired) electrons. The van der Waals surface area contributed by atoms with Crippen LogP contribution in [0.3, 0.4) is 0 Å². The van der Waals surface area contributed by atoms with E-state index >= 15 is 0 Å². The highest BCUT2D eigenvalue weighted by Gasteiger charge is 2.41. The first kappa shape index (κ1) is 26.8. The highest BCUT2D eigenvalue weighted by atomic mass is 28.3. The zero-order chi connectivity index (χ0) is 29.2. The van der Waals surface area contributed by atoms with Crippen LogP contribution in [-0.2, 0) is 7.05 Å². The van der Waals surface area contributed by atoms with E-state index in [0.717, 1.165) is 0 Å². The quantitative estimate of drug-likeness (QED) is 0.120. The molecule has 0 aliphatic rings. The molecule has 206 valence electrons. The highest BCUT2D eigenvalue weighted by Crippen LogP contribution is 2.32. The Balaban J connectivity index is 1.49. The zero-order valence-corrected chi connectivity index (χ0v) is 25.6. The van der Waals surface area contributed by atoms with Crippen molar-refractivity contribution in [3.63, 3.8) is 0 Å². The van der Waals surface area contributed by atoms with Gasteiger partial charge in [0.05, 0.1) is 10.9 Å². The van der Waals surface area contributed by atoms with E-state index in [1.165, 1.54) is 59.5 Å². The average Bonchev–Trinajstić information content (AvgIpc) is 3.07. The molecule has 0 aliphatic heterocycles. The van der Waals surface area contributed by atoms with Gasteiger partial charge in [0.25, 0.3) is 0 Å². The monoisotopic (exact) mass is 568 g/mol. The van der Waals surface area contributed by atoms with Crippen LogP contribution < -0.4 is 25.3 Å². The van der Waals surface area contributed by atoms with Gasteiger partial charge >= 0.3 is 0 Å². The number of fused-ring (bicyclic) bond motifs is 1. The Kier molecular flexibility index (Phi) is 7.06. The second-order valence-electron chi connectivity index (χ2n) is 11.3. The van der Waals surface area contributed by atoms with E-state index < -0.39 is 8.07 Å². The summed E-state index contributed by atoms with van der Waals surface area (Å²) in [6, 6.07) is 60.4. The summed E-state index contributed by atoms with van der Waals surface area (Å²) < 4.78 is 2.27. The van der Waals surface area contributed by atoms with Gasteiger partial charge in [0.15, 0.2) is 14.3 Å². The summed E-state index contributed by atoms with van der Waals surface area (Å²) in [6.45, 7) is 2.22. The normalized spacial score (nSPS) is 11.5. The second kappa shape index (κ2) is 11.3. The van der Waals surface area contributed by atoms with Crippen LogP contribution in [-0.4, -0.2) is 8.07 Å². The summed E-state index contributed by atoms with van der Waals surface area (Å²) in [5.41, 5.74) is 6.25. The Hall–Kier alpha value is -5.05. The smallest absolute Gasteiger partial charge is 0.200 e. The van der Waals surface area contributed by atoms with Crippen LogP contribution in [0.15, 0.2) is 170 Å². The van der Waals surface area contributed by atoms with E-state index in [-0.39, 0.29) is 0 Å². The Bertz CT molecular complexity index is 1920. The molecule has 0 atom stereocenters. The lowest BCUT2D eigenvalue weighted by Gasteiger charge is -2.34. The minimum Gasteiger partial charge on any atom is -0.200 e. The average molecular weight is 569 g/mol. The van der Waals surface area contributed by atoms with Gasteiger partial charge in [0.1, 0.15) is 7.05 Å². The number of benzene rings is 6. The third-order valence-electron chi connectivity index (χ3n) is 8.79. The molecule has 1 aromatic heterocycles. The Morgan fingerprint density at radius 3 is 1.56 bits per heavy atom. The fraction of sp³-hybridized carbons (Fsp3) is 0.0488. The molecule has 1 nitrogen and oxygen atoms in total. The van der Waals surface area contributed by atoms with Crippen molar-refractivity contribution in [1.82, 2.24) is 0 Å². The minimum atomic E-state index is -2.60. The van der Waals surface area contributed by atoms with Gasteiger partial charge in [0.2, 0.25) is 5.69 Å². The van der Waals surface area contributed by atoms with Crippen molar-refractivity contribution in [3.8, 4) is 22.4 Å². The molecule has 0 bridgehead atoms. The molecule has 6 aromatic carbocycles. The van der Waals surface area contributed by atoms with Crippen LogP contribution >= 0.6 is 0 Å².